The summed E-state index contributed by atoms with van der Waals surface area (Å²) in [6.07, 6.45) is -7.21. The third kappa shape index (κ3) is 3.72. The van der Waals surface area contributed by atoms with Crippen molar-refractivity contribution in [2.24, 2.45) is 0 Å². The lowest BCUT2D eigenvalue weighted by Crippen LogP contribution is -2.60. The zero-order chi connectivity index (χ0) is 23.2. The molecule has 11 nitrogen and oxygen atoms in total. The summed E-state index contributed by atoms with van der Waals surface area (Å²) >= 11 is 0. The molecule has 7 N–H and O–H groups in total. The molecule has 0 bridgehead atoms. The van der Waals surface area contributed by atoms with Crippen LogP contribution in [0, 0.1) is 0 Å². The lowest BCUT2D eigenvalue weighted by Gasteiger charge is -2.39. The van der Waals surface area contributed by atoms with Gasteiger partial charge in [-0.05, 0) is 24.3 Å². The van der Waals surface area contributed by atoms with Crippen molar-refractivity contribution in [3.63, 3.8) is 0 Å². The second-order valence-corrected chi connectivity index (χ2v) is 7.29. The molecule has 2 aromatic carbocycles. The zero-order valence-corrected chi connectivity index (χ0v) is 16.3. The van der Waals surface area contributed by atoms with Crippen LogP contribution >= 0.6 is 0 Å². The molecular weight excluding hydrogens is 428 g/mol. The van der Waals surface area contributed by atoms with Gasteiger partial charge in [-0.2, -0.15) is 0 Å². The summed E-state index contributed by atoms with van der Waals surface area (Å²) in [6, 6.07) is 7.72. The van der Waals surface area contributed by atoms with Crippen molar-refractivity contribution in [3.05, 3.63) is 46.6 Å². The third-order valence-electron chi connectivity index (χ3n) is 5.15. The minimum absolute atomic E-state index is 0.137. The van der Waals surface area contributed by atoms with Gasteiger partial charge in [-0.25, -0.2) is 0 Å². The van der Waals surface area contributed by atoms with Crippen molar-refractivity contribution in [2.45, 2.75) is 30.7 Å². The van der Waals surface area contributed by atoms with Gasteiger partial charge in [-0.1, -0.05) is 0 Å². The first kappa shape index (κ1) is 21.9. The molecule has 0 saturated carbocycles. The average Bonchev–Trinajstić information content (AvgIpc) is 2.76. The number of aliphatic hydroxyl groups is 4. The van der Waals surface area contributed by atoms with Crippen molar-refractivity contribution >= 4 is 11.0 Å². The van der Waals surface area contributed by atoms with Crippen LogP contribution in [0.1, 0.15) is 0 Å². The van der Waals surface area contributed by atoms with Gasteiger partial charge in [0.25, 0.3) is 0 Å². The SMILES string of the molecule is O=c1c(O)c(-c2ccc(O[C@@H]3OC(CO)[C@@H](O)C(O)C3O)cc2)oc2cc(O)cc(O)c12. The third-order valence-corrected chi connectivity index (χ3v) is 5.15. The van der Waals surface area contributed by atoms with E-state index in [0.29, 0.717) is 0 Å². The van der Waals surface area contributed by atoms with Crippen LogP contribution in [0.3, 0.4) is 0 Å². The summed E-state index contributed by atoms with van der Waals surface area (Å²) in [4.78, 5) is 12.5. The first-order valence-corrected chi connectivity index (χ1v) is 9.50. The first-order valence-electron chi connectivity index (χ1n) is 9.50. The Morgan fingerprint density at radius 2 is 1.62 bits per heavy atom. The predicted octanol–water partition coefficient (Wildman–Crippen LogP) is -0.245. The monoisotopic (exact) mass is 448 g/mol. The number of hydrogen-bond donors (Lipinski definition) is 7. The van der Waals surface area contributed by atoms with E-state index in [1.807, 2.05) is 0 Å². The van der Waals surface area contributed by atoms with Crippen LogP contribution in [0.5, 0.6) is 23.0 Å². The first-order chi connectivity index (χ1) is 15.2. The summed E-state index contributed by atoms with van der Waals surface area (Å²) in [7, 11) is 0. The van der Waals surface area contributed by atoms with Crippen LogP contribution in [0.2, 0.25) is 0 Å². The smallest absolute Gasteiger partial charge is 0.238 e. The second-order valence-electron chi connectivity index (χ2n) is 7.29. The number of phenolic OH excluding ortho intramolecular Hbond substituents is 2. The fraction of sp³-hybridized carbons (Fsp3) is 0.286. The van der Waals surface area contributed by atoms with E-state index < -0.39 is 54.2 Å². The van der Waals surface area contributed by atoms with E-state index in [2.05, 4.69) is 0 Å². The molecule has 3 aromatic rings. The molecule has 0 aliphatic carbocycles. The number of aliphatic hydroxyl groups excluding tert-OH is 4. The average molecular weight is 448 g/mol. The standard InChI is InChI=1S/C21H20O11/c22-7-13-15(25)17(27)19(29)21(32-13)30-10-3-1-8(2-4-10)20-18(28)16(26)14-11(24)5-9(23)6-12(14)31-20/h1-6,13,15,17,19,21-25,27-29H,7H2/t13?,15-,17?,19?,21-/m1/s1. The largest absolute Gasteiger partial charge is 0.508 e. The zero-order valence-electron chi connectivity index (χ0n) is 16.3. The Kier molecular flexibility index (Phi) is 5.67. The second kappa shape index (κ2) is 8.30. The normalized spacial score (nSPS) is 25.7. The Morgan fingerprint density at radius 1 is 0.938 bits per heavy atom. The molecule has 0 amide bonds. The molecule has 0 spiro atoms. The van der Waals surface area contributed by atoms with Gasteiger partial charge in [-0.15, -0.1) is 0 Å². The highest BCUT2D eigenvalue weighted by molar-refractivity contribution is 5.88. The van der Waals surface area contributed by atoms with Crippen LogP contribution in [0.4, 0.5) is 0 Å². The maximum atomic E-state index is 12.5. The van der Waals surface area contributed by atoms with E-state index in [-0.39, 0.29) is 33.8 Å². The summed E-state index contributed by atoms with van der Waals surface area (Å²) in [5.74, 6) is -1.68. The maximum absolute atomic E-state index is 12.5. The Morgan fingerprint density at radius 3 is 2.28 bits per heavy atom. The summed E-state index contributed by atoms with van der Waals surface area (Å²) in [5.41, 5.74) is -0.771. The van der Waals surface area contributed by atoms with E-state index in [1.54, 1.807) is 0 Å². The molecule has 5 atom stereocenters. The summed E-state index contributed by atoms with van der Waals surface area (Å²) < 4.78 is 16.3. The molecule has 1 aliphatic rings. The van der Waals surface area contributed by atoms with E-state index in [0.717, 1.165) is 12.1 Å². The van der Waals surface area contributed by atoms with Crippen LogP contribution in [-0.4, -0.2) is 73.1 Å². The van der Waals surface area contributed by atoms with Gasteiger partial charge in [0.2, 0.25) is 17.5 Å². The Bertz CT molecular complexity index is 1190. The van der Waals surface area contributed by atoms with Gasteiger partial charge < -0.3 is 49.6 Å². The number of benzene rings is 2. The van der Waals surface area contributed by atoms with Crippen LogP contribution < -0.4 is 10.2 Å². The molecule has 1 aromatic heterocycles. The molecule has 0 radical (unpaired) electrons. The van der Waals surface area contributed by atoms with Gasteiger partial charge in [0.05, 0.1) is 6.61 Å². The fourth-order valence-corrected chi connectivity index (χ4v) is 3.45. The highest BCUT2D eigenvalue weighted by atomic mass is 16.7. The van der Waals surface area contributed by atoms with E-state index in [4.69, 9.17) is 13.9 Å². The van der Waals surface area contributed by atoms with Crippen molar-refractivity contribution in [1.82, 2.24) is 0 Å². The van der Waals surface area contributed by atoms with E-state index in [1.165, 1.54) is 24.3 Å². The van der Waals surface area contributed by atoms with Crippen molar-refractivity contribution < 1.29 is 49.6 Å². The highest BCUT2D eigenvalue weighted by Gasteiger charge is 2.44. The number of ether oxygens (including phenoxy) is 2. The number of hydrogen-bond acceptors (Lipinski definition) is 11. The molecule has 1 saturated heterocycles. The fourth-order valence-electron chi connectivity index (χ4n) is 3.45. The minimum Gasteiger partial charge on any atom is -0.508 e. The lowest BCUT2D eigenvalue weighted by atomic mass is 9.99. The predicted molar refractivity (Wildman–Crippen MR) is 107 cm³/mol. The van der Waals surface area contributed by atoms with Crippen LogP contribution in [0.25, 0.3) is 22.3 Å². The Hall–Kier alpha value is -3.35. The van der Waals surface area contributed by atoms with Gasteiger partial charge >= 0.3 is 0 Å². The summed E-state index contributed by atoms with van der Waals surface area (Å²) in [5, 5.41) is 68.5. The number of rotatable bonds is 4. The molecule has 170 valence electrons. The Labute approximate surface area is 179 Å². The van der Waals surface area contributed by atoms with E-state index in [9.17, 15) is 40.5 Å². The quantitative estimate of drug-likeness (QED) is 0.279. The Balaban J connectivity index is 1.63. The van der Waals surface area contributed by atoms with Crippen molar-refractivity contribution in [1.29, 1.82) is 0 Å². The highest BCUT2D eigenvalue weighted by Crippen LogP contribution is 2.35. The number of phenols is 2. The van der Waals surface area contributed by atoms with Gasteiger partial charge in [0.1, 0.15) is 52.6 Å². The molecule has 1 aliphatic heterocycles. The molecule has 3 unspecified atom stereocenters. The molecular formula is C21H20O11. The van der Waals surface area contributed by atoms with Crippen LogP contribution in [-0.2, 0) is 4.74 Å². The van der Waals surface area contributed by atoms with Crippen LogP contribution in [0.15, 0.2) is 45.6 Å². The summed E-state index contributed by atoms with van der Waals surface area (Å²) in [6.45, 7) is -0.602. The van der Waals surface area contributed by atoms with E-state index >= 15 is 0 Å². The lowest BCUT2D eigenvalue weighted by molar-refractivity contribution is -0.277. The molecule has 11 heteroatoms. The number of aromatic hydroxyl groups is 3. The molecule has 2 heterocycles. The minimum atomic E-state index is -1.60. The maximum Gasteiger partial charge on any atom is 0.238 e. The molecule has 1 fully saturated rings. The van der Waals surface area contributed by atoms with Gasteiger partial charge in [0, 0.05) is 17.7 Å². The van der Waals surface area contributed by atoms with Gasteiger partial charge in [0.15, 0.2) is 5.76 Å². The van der Waals surface area contributed by atoms with Gasteiger partial charge in [-0.3, -0.25) is 4.79 Å². The number of fused-ring (bicyclic) bond motifs is 1. The van der Waals surface area contributed by atoms with Crippen molar-refractivity contribution in [3.8, 4) is 34.3 Å². The van der Waals surface area contributed by atoms with Crippen molar-refractivity contribution in [2.75, 3.05) is 6.61 Å². The topological polar surface area (TPSA) is 190 Å². The molecule has 32 heavy (non-hydrogen) atoms. The molecule has 4 rings (SSSR count).